The number of fused-ring (bicyclic) bond motifs is 13. The van der Waals surface area contributed by atoms with Crippen molar-refractivity contribution < 1.29 is 0 Å². The number of nitrogens with zero attached hydrogens (tertiary/aromatic N) is 2. The van der Waals surface area contributed by atoms with Crippen molar-refractivity contribution in [3.8, 4) is 66.8 Å². The molecule has 0 saturated heterocycles. The van der Waals surface area contributed by atoms with Crippen molar-refractivity contribution in [2.45, 2.75) is 7.43 Å². The fourth-order valence-corrected chi connectivity index (χ4v) is 10.7. The quantitative estimate of drug-likeness (QED) is 0.165. The lowest BCUT2D eigenvalue weighted by molar-refractivity contribution is 1.41. The summed E-state index contributed by atoms with van der Waals surface area (Å²) in [7, 11) is 0. The number of para-hydroxylation sites is 2. The Bertz CT molecular complexity index is 3590. The molecule has 59 heavy (non-hydrogen) atoms. The van der Waals surface area contributed by atoms with Crippen LogP contribution in [0.3, 0.4) is 0 Å². The van der Waals surface area contributed by atoms with Crippen LogP contribution in [0.5, 0.6) is 0 Å². The molecule has 0 fully saturated rings. The van der Waals surface area contributed by atoms with Crippen LogP contribution in [0.4, 0.5) is 0 Å². The van der Waals surface area contributed by atoms with Crippen molar-refractivity contribution in [3.05, 3.63) is 182 Å². The van der Waals surface area contributed by atoms with E-state index in [-0.39, 0.29) is 7.43 Å². The van der Waals surface area contributed by atoms with Gasteiger partial charge < -0.3 is 0 Å². The summed E-state index contributed by atoms with van der Waals surface area (Å²) in [5, 5.41) is 15.0. The summed E-state index contributed by atoms with van der Waals surface area (Å²) >= 11 is 0. The van der Waals surface area contributed by atoms with Gasteiger partial charge in [-0.25, -0.2) is 0 Å². The fourth-order valence-electron chi connectivity index (χ4n) is 10.7. The summed E-state index contributed by atoms with van der Waals surface area (Å²) in [6.45, 7) is 0. The number of hydrogen-bond donors (Lipinski definition) is 0. The minimum atomic E-state index is 0. The molecule has 2 heterocycles. The Morgan fingerprint density at radius 2 is 0.661 bits per heavy atom. The smallest absolute Gasteiger partial charge is 0.0702 e. The largest absolute Gasteiger partial charge is 0.256 e. The Balaban J connectivity index is 0.00000360. The highest BCUT2D eigenvalue weighted by Crippen LogP contribution is 2.57. The van der Waals surface area contributed by atoms with E-state index in [2.05, 4.69) is 182 Å². The van der Waals surface area contributed by atoms with Crippen LogP contribution in [-0.2, 0) is 0 Å². The summed E-state index contributed by atoms with van der Waals surface area (Å²) in [4.78, 5) is 10.0. The van der Waals surface area contributed by atoms with Gasteiger partial charge in [0, 0.05) is 34.3 Å². The molecule has 0 radical (unpaired) electrons. The predicted molar refractivity (Wildman–Crippen MR) is 251 cm³/mol. The summed E-state index contributed by atoms with van der Waals surface area (Å²) in [6, 6.07) is 63.0. The summed E-state index contributed by atoms with van der Waals surface area (Å²) in [6.07, 6.45) is 4.16. The van der Waals surface area contributed by atoms with Gasteiger partial charge in [0.25, 0.3) is 0 Å². The van der Waals surface area contributed by atoms with Crippen LogP contribution in [0.15, 0.2) is 182 Å². The van der Waals surface area contributed by atoms with E-state index in [9.17, 15) is 0 Å². The van der Waals surface area contributed by atoms with Crippen LogP contribution < -0.4 is 0 Å². The Hall–Kier alpha value is -7.68. The zero-order valence-electron chi connectivity index (χ0n) is 31.2. The van der Waals surface area contributed by atoms with Crippen molar-refractivity contribution in [2.24, 2.45) is 0 Å². The minimum Gasteiger partial charge on any atom is -0.256 e. The molecule has 0 atom stereocenters. The number of aromatic nitrogens is 2. The number of benzene rings is 10. The summed E-state index contributed by atoms with van der Waals surface area (Å²) in [5.74, 6) is 0. The average Bonchev–Trinajstić information content (AvgIpc) is 3.78. The van der Waals surface area contributed by atoms with E-state index in [0.29, 0.717) is 0 Å². The molecule has 2 nitrogen and oxygen atoms in total. The van der Waals surface area contributed by atoms with Gasteiger partial charge in [0.05, 0.1) is 11.0 Å². The first-order chi connectivity index (χ1) is 28.8. The van der Waals surface area contributed by atoms with Crippen LogP contribution in [0.2, 0.25) is 0 Å². The molecule has 0 amide bonds. The molecule has 0 bridgehead atoms. The number of rotatable bonds is 2. The maximum Gasteiger partial charge on any atom is 0.0702 e. The number of hydrogen-bond acceptors (Lipinski definition) is 2. The molecule has 0 aliphatic heterocycles. The second-order valence-corrected chi connectivity index (χ2v) is 16.0. The van der Waals surface area contributed by atoms with Gasteiger partial charge in [0.1, 0.15) is 0 Å². The second kappa shape index (κ2) is 11.7. The predicted octanol–water partition coefficient (Wildman–Crippen LogP) is 15.8. The van der Waals surface area contributed by atoms with Crippen LogP contribution in [0.1, 0.15) is 7.43 Å². The van der Waals surface area contributed by atoms with Gasteiger partial charge >= 0.3 is 0 Å². The van der Waals surface area contributed by atoms with Crippen molar-refractivity contribution in [1.29, 1.82) is 0 Å². The van der Waals surface area contributed by atoms with E-state index in [4.69, 9.17) is 9.97 Å². The molecule has 272 valence electrons. The Kier molecular flexibility index (Phi) is 6.42. The summed E-state index contributed by atoms with van der Waals surface area (Å²) in [5.41, 5.74) is 17.1. The van der Waals surface area contributed by atoms with Gasteiger partial charge in [-0.05, 0) is 146 Å². The normalized spacial score (nSPS) is 12.3. The van der Waals surface area contributed by atoms with E-state index in [0.717, 1.165) is 32.9 Å². The molecule has 0 saturated carbocycles. The summed E-state index contributed by atoms with van der Waals surface area (Å²) < 4.78 is 0. The van der Waals surface area contributed by atoms with Crippen molar-refractivity contribution in [1.82, 2.24) is 9.97 Å². The Morgan fingerprint density at radius 1 is 0.271 bits per heavy atom. The molecule has 12 aromatic rings. The number of pyridine rings is 2. The highest BCUT2D eigenvalue weighted by Gasteiger charge is 2.30. The first-order valence-electron chi connectivity index (χ1n) is 20.1. The zero-order valence-corrected chi connectivity index (χ0v) is 31.2. The van der Waals surface area contributed by atoms with Gasteiger partial charge in [-0.3, -0.25) is 9.97 Å². The van der Waals surface area contributed by atoms with Gasteiger partial charge in [-0.1, -0.05) is 141 Å². The molecule has 14 rings (SSSR count). The molecule has 2 aliphatic carbocycles. The van der Waals surface area contributed by atoms with Crippen LogP contribution in [-0.4, -0.2) is 9.97 Å². The topological polar surface area (TPSA) is 25.8 Å². The minimum absolute atomic E-state index is 0. The molecular formula is C57H34N2. The molecular weight excluding hydrogens is 713 g/mol. The van der Waals surface area contributed by atoms with Gasteiger partial charge in [-0.15, -0.1) is 0 Å². The fraction of sp³-hybridized carbons (Fsp3) is 0.0175. The standard InChI is InChI=1S/C56H30N2.CH4/c1-3-19-49-33(9-1)25-35(29-57-49)53-41-23-21-38-37(45(41)27-47-39-15-5-11-31-13-7-17-43(51(31)39)55(47)53)22-24-42-46(38)28-48-40-16-6-12-32-14-8-18-44(52(32)40)56(48)54(42)36-26-34-10-2-4-20-50(34)58-30-36;/h1-30H;1H4. The first kappa shape index (κ1) is 32.4. The SMILES string of the molecule is C.c1ccc2ncc(-c3c4c(cc5c3ccc3c6cc7c(c(-c8cnc9ccccc9c8)c6ccc53)-c3cccc5cccc-7c35)-c3cccc5cccc-4c35)cc2c1. The second-order valence-electron chi connectivity index (χ2n) is 16.0. The molecule has 0 unspecified atom stereocenters. The lowest BCUT2D eigenvalue weighted by Crippen LogP contribution is -1.93. The molecule has 0 spiro atoms. The third kappa shape index (κ3) is 4.25. The first-order valence-corrected chi connectivity index (χ1v) is 20.1. The maximum atomic E-state index is 5.01. The van der Waals surface area contributed by atoms with E-state index in [1.807, 2.05) is 0 Å². The highest BCUT2D eigenvalue weighted by atomic mass is 14.7. The third-order valence-corrected chi connectivity index (χ3v) is 13.1. The van der Waals surface area contributed by atoms with Crippen molar-refractivity contribution in [2.75, 3.05) is 0 Å². The van der Waals surface area contributed by atoms with Crippen LogP contribution in [0.25, 0.3) is 142 Å². The lowest BCUT2D eigenvalue weighted by Gasteiger charge is -2.19. The highest BCUT2D eigenvalue weighted by molar-refractivity contribution is 6.30. The molecule has 10 aromatic carbocycles. The van der Waals surface area contributed by atoms with Gasteiger partial charge in [0.2, 0.25) is 0 Å². The third-order valence-electron chi connectivity index (χ3n) is 13.1. The molecule has 2 aliphatic rings. The monoisotopic (exact) mass is 746 g/mol. The van der Waals surface area contributed by atoms with E-state index < -0.39 is 0 Å². The Morgan fingerprint density at radius 3 is 1.12 bits per heavy atom. The van der Waals surface area contributed by atoms with Gasteiger partial charge in [0.15, 0.2) is 0 Å². The molecule has 2 heteroatoms. The Labute approximate surface area is 340 Å². The molecule has 2 aromatic heterocycles. The van der Waals surface area contributed by atoms with E-state index in [1.54, 1.807) is 0 Å². The van der Waals surface area contributed by atoms with Gasteiger partial charge in [-0.2, -0.15) is 0 Å². The zero-order chi connectivity index (χ0) is 37.6. The molecule has 0 N–H and O–H groups in total. The van der Waals surface area contributed by atoms with Crippen LogP contribution >= 0.6 is 0 Å². The van der Waals surface area contributed by atoms with E-state index >= 15 is 0 Å². The average molecular weight is 747 g/mol. The van der Waals surface area contributed by atoms with Crippen molar-refractivity contribution in [3.63, 3.8) is 0 Å². The van der Waals surface area contributed by atoms with Crippen molar-refractivity contribution >= 4 is 75.7 Å². The van der Waals surface area contributed by atoms with Crippen LogP contribution in [0, 0.1) is 0 Å². The maximum absolute atomic E-state index is 5.01. The lowest BCUT2D eigenvalue weighted by atomic mass is 9.84. The van der Waals surface area contributed by atoms with E-state index in [1.165, 1.54) is 109 Å².